The summed E-state index contributed by atoms with van der Waals surface area (Å²) in [6, 6.07) is 0.703. The van der Waals surface area contributed by atoms with E-state index in [1.54, 1.807) is 13.8 Å². The van der Waals surface area contributed by atoms with Crippen LogP contribution in [0.4, 0.5) is 0 Å². The third-order valence-corrected chi connectivity index (χ3v) is 3.59. The van der Waals surface area contributed by atoms with E-state index in [0.29, 0.717) is 12.5 Å². The smallest absolute Gasteiger partial charge is 0.309 e. The lowest BCUT2D eigenvalue weighted by Gasteiger charge is -2.48. The van der Waals surface area contributed by atoms with Crippen LogP contribution in [0.1, 0.15) is 39.5 Å². The Kier molecular flexibility index (Phi) is 2.49. The second kappa shape index (κ2) is 3.54. The van der Waals surface area contributed by atoms with Crippen LogP contribution in [0, 0.1) is 5.41 Å². The Balaban J connectivity index is 2.05. The van der Waals surface area contributed by atoms with Crippen LogP contribution in [0.5, 0.6) is 0 Å². The van der Waals surface area contributed by atoms with E-state index in [2.05, 4.69) is 11.0 Å². The third-order valence-electron chi connectivity index (χ3n) is 3.59. The van der Waals surface area contributed by atoms with Crippen molar-refractivity contribution < 1.29 is 9.90 Å². The van der Waals surface area contributed by atoms with Crippen molar-refractivity contribution in [2.45, 2.75) is 45.6 Å². The second-order valence-electron chi connectivity index (χ2n) is 5.27. The van der Waals surface area contributed by atoms with E-state index in [4.69, 9.17) is 5.11 Å². The molecule has 1 atom stereocenters. The summed E-state index contributed by atoms with van der Waals surface area (Å²) in [4.78, 5) is 13.4. The fraction of sp³-hybridized carbons (Fsp3) is 0.750. The molecule has 2 aliphatic heterocycles. The number of carboxylic acid groups (broad SMARTS) is 1. The molecular weight excluding hydrogens is 190 g/mol. The predicted molar refractivity (Wildman–Crippen MR) is 58.5 cm³/mol. The van der Waals surface area contributed by atoms with Crippen molar-refractivity contribution in [1.82, 2.24) is 4.90 Å². The van der Waals surface area contributed by atoms with Crippen LogP contribution in [0.3, 0.4) is 0 Å². The Morgan fingerprint density at radius 2 is 2.33 bits per heavy atom. The first-order valence-corrected chi connectivity index (χ1v) is 5.70. The molecule has 2 rings (SSSR count). The van der Waals surface area contributed by atoms with Gasteiger partial charge in [0, 0.05) is 24.7 Å². The molecule has 3 nitrogen and oxygen atoms in total. The number of nitrogens with zero attached hydrogens (tertiary/aromatic N) is 1. The zero-order valence-corrected chi connectivity index (χ0v) is 9.49. The molecular formula is C12H19NO2. The normalized spacial score (nSPS) is 25.3. The maximum atomic E-state index is 11.1. The van der Waals surface area contributed by atoms with Gasteiger partial charge in [-0.15, -0.1) is 0 Å². The molecule has 0 aromatic heterocycles. The lowest BCUT2D eigenvalue weighted by Crippen LogP contribution is -2.49. The van der Waals surface area contributed by atoms with Gasteiger partial charge in [0.25, 0.3) is 0 Å². The Labute approximate surface area is 90.8 Å². The minimum Gasteiger partial charge on any atom is -0.481 e. The number of rotatable bonds is 3. The van der Waals surface area contributed by atoms with Gasteiger partial charge in [0.2, 0.25) is 0 Å². The molecule has 0 spiro atoms. The maximum absolute atomic E-state index is 11.1. The van der Waals surface area contributed by atoms with Gasteiger partial charge in [0.15, 0.2) is 0 Å². The summed E-state index contributed by atoms with van der Waals surface area (Å²) in [5.41, 5.74) is 0.619. The minimum atomic E-state index is -0.703. The van der Waals surface area contributed by atoms with Crippen molar-refractivity contribution in [1.29, 1.82) is 0 Å². The van der Waals surface area contributed by atoms with Gasteiger partial charge in [-0.05, 0) is 33.1 Å². The molecule has 1 unspecified atom stereocenters. The Morgan fingerprint density at radius 3 is 2.87 bits per heavy atom. The van der Waals surface area contributed by atoms with E-state index >= 15 is 0 Å². The van der Waals surface area contributed by atoms with Crippen LogP contribution in [0.25, 0.3) is 0 Å². The molecule has 1 saturated heterocycles. The number of fused-ring (bicyclic) bond motifs is 1. The fourth-order valence-electron chi connectivity index (χ4n) is 2.38. The standard InChI is InChI=1S/C12H19NO2/c1-12(2,11(14)15)8-10-5-3-4-9-6-7-13(9)10/h5,9H,3-4,6-8H2,1-2H3,(H,14,15). The first kappa shape index (κ1) is 10.5. The molecule has 1 N–H and O–H groups in total. The molecule has 0 saturated carbocycles. The molecule has 0 bridgehead atoms. The van der Waals surface area contributed by atoms with Crippen molar-refractivity contribution >= 4 is 5.97 Å². The van der Waals surface area contributed by atoms with Crippen molar-refractivity contribution in [2.24, 2.45) is 5.41 Å². The summed E-state index contributed by atoms with van der Waals surface area (Å²) in [6.07, 6.45) is 6.53. The quantitative estimate of drug-likeness (QED) is 0.775. The molecule has 0 aromatic carbocycles. The Hall–Kier alpha value is -0.990. The van der Waals surface area contributed by atoms with Crippen LogP contribution >= 0.6 is 0 Å². The van der Waals surface area contributed by atoms with Crippen molar-refractivity contribution in [3.05, 3.63) is 11.8 Å². The summed E-state index contributed by atoms with van der Waals surface area (Å²) in [5, 5.41) is 9.10. The molecule has 15 heavy (non-hydrogen) atoms. The molecule has 0 aromatic rings. The monoisotopic (exact) mass is 209 g/mol. The van der Waals surface area contributed by atoms with Gasteiger partial charge in [-0.1, -0.05) is 6.08 Å². The van der Waals surface area contributed by atoms with Gasteiger partial charge in [0.1, 0.15) is 0 Å². The molecule has 2 aliphatic rings. The van der Waals surface area contributed by atoms with Crippen LogP contribution in [-0.2, 0) is 4.79 Å². The van der Waals surface area contributed by atoms with Gasteiger partial charge in [-0.2, -0.15) is 0 Å². The molecule has 1 fully saturated rings. The number of hydrogen-bond donors (Lipinski definition) is 1. The van der Waals surface area contributed by atoms with E-state index < -0.39 is 11.4 Å². The number of hydrogen-bond acceptors (Lipinski definition) is 2. The first-order valence-electron chi connectivity index (χ1n) is 5.70. The number of aliphatic carboxylic acids is 1. The van der Waals surface area contributed by atoms with E-state index in [-0.39, 0.29) is 0 Å². The van der Waals surface area contributed by atoms with Gasteiger partial charge < -0.3 is 10.0 Å². The Morgan fingerprint density at radius 1 is 1.60 bits per heavy atom. The summed E-state index contributed by atoms with van der Waals surface area (Å²) < 4.78 is 0. The van der Waals surface area contributed by atoms with Crippen molar-refractivity contribution in [3.8, 4) is 0 Å². The topological polar surface area (TPSA) is 40.5 Å². The average Bonchev–Trinajstić information content (AvgIpc) is 2.07. The maximum Gasteiger partial charge on any atom is 0.309 e. The van der Waals surface area contributed by atoms with Crippen molar-refractivity contribution in [3.63, 3.8) is 0 Å². The van der Waals surface area contributed by atoms with Gasteiger partial charge >= 0.3 is 5.97 Å². The third kappa shape index (κ3) is 1.87. The van der Waals surface area contributed by atoms with Crippen LogP contribution < -0.4 is 0 Å². The summed E-state index contributed by atoms with van der Waals surface area (Å²) >= 11 is 0. The molecule has 0 aliphatic carbocycles. The van der Waals surface area contributed by atoms with Crippen molar-refractivity contribution in [2.75, 3.05) is 6.54 Å². The zero-order valence-electron chi connectivity index (χ0n) is 9.49. The highest BCUT2D eigenvalue weighted by molar-refractivity contribution is 5.74. The highest BCUT2D eigenvalue weighted by atomic mass is 16.4. The molecule has 0 amide bonds. The largest absolute Gasteiger partial charge is 0.481 e. The molecule has 2 heterocycles. The van der Waals surface area contributed by atoms with Crippen LogP contribution in [-0.4, -0.2) is 28.6 Å². The average molecular weight is 209 g/mol. The lowest BCUT2D eigenvalue weighted by molar-refractivity contribution is -0.147. The highest BCUT2D eigenvalue weighted by Crippen LogP contribution is 2.37. The van der Waals surface area contributed by atoms with E-state index in [1.165, 1.54) is 18.5 Å². The number of carbonyl (C=O) groups is 1. The van der Waals surface area contributed by atoms with E-state index in [9.17, 15) is 4.79 Å². The fourth-order valence-corrected chi connectivity index (χ4v) is 2.38. The molecule has 0 radical (unpaired) electrons. The second-order valence-corrected chi connectivity index (χ2v) is 5.27. The number of carboxylic acids is 1. The van der Waals surface area contributed by atoms with Gasteiger partial charge in [-0.25, -0.2) is 0 Å². The summed E-state index contributed by atoms with van der Waals surface area (Å²) in [7, 11) is 0. The predicted octanol–water partition coefficient (Wildman–Crippen LogP) is 2.24. The molecule has 3 heteroatoms. The Bertz CT molecular complexity index is 307. The summed E-state index contributed by atoms with van der Waals surface area (Å²) in [5.74, 6) is -0.703. The number of allylic oxidation sites excluding steroid dienone is 2. The minimum absolute atomic E-state index is 0.636. The SMILES string of the molecule is CC(C)(CC1=CCCC2CCN12)C(=O)O. The zero-order chi connectivity index (χ0) is 11.1. The van der Waals surface area contributed by atoms with Gasteiger partial charge in [-0.3, -0.25) is 4.79 Å². The van der Waals surface area contributed by atoms with E-state index in [1.807, 2.05) is 0 Å². The van der Waals surface area contributed by atoms with Crippen LogP contribution in [0.2, 0.25) is 0 Å². The molecule has 84 valence electrons. The lowest BCUT2D eigenvalue weighted by atomic mass is 9.83. The van der Waals surface area contributed by atoms with Gasteiger partial charge in [0.05, 0.1) is 5.41 Å². The van der Waals surface area contributed by atoms with Crippen LogP contribution in [0.15, 0.2) is 11.8 Å². The summed E-state index contributed by atoms with van der Waals surface area (Å²) in [6.45, 7) is 4.73. The first-order chi connectivity index (χ1) is 7.00. The highest BCUT2D eigenvalue weighted by Gasteiger charge is 2.36. The van der Waals surface area contributed by atoms with E-state index in [0.717, 1.165) is 13.0 Å².